The molecule has 0 aromatic heterocycles. The van der Waals surface area contributed by atoms with Crippen LogP contribution >= 0.6 is 0 Å². The fourth-order valence-corrected chi connectivity index (χ4v) is 3.28. The van der Waals surface area contributed by atoms with E-state index in [9.17, 15) is 5.11 Å². The van der Waals surface area contributed by atoms with E-state index < -0.39 is 0 Å². The maximum atomic E-state index is 9.24. The third-order valence-corrected chi connectivity index (χ3v) is 4.31. The van der Waals surface area contributed by atoms with Crippen LogP contribution in [0.25, 0.3) is 0 Å². The predicted molar refractivity (Wildman–Crippen MR) is 71.8 cm³/mol. The number of rotatable bonds is 2. The topological polar surface area (TPSA) is 32.7 Å². The van der Waals surface area contributed by atoms with Crippen molar-refractivity contribution in [1.29, 1.82) is 0 Å². The van der Waals surface area contributed by atoms with Gasteiger partial charge in [0.2, 0.25) is 0 Å². The van der Waals surface area contributed by atoms with Gasteiger partial charge in [0.15, 0.2) is 0 Å². The van der Waals surface area contributed by atoms with E-state index in [0.29, 0.717) is 12.1 Å². The van der Waals surface area contributed by atoms with E-state index in [1.165, 1.54) is 30.5 Å². The van der Waals surface area contributed by atoms with Crippen LogP contribution in [0.3, 0.4) is 0 Å². The summed E-state index contributed by atoms with van der Waals surface area (Å²) >= 11 is 0. The zero-order chi connectivity index (χ0) is 12.5. The quantitative estimate of drug-likeness (QED) is 0.870. The van der Waals surface area contributed by atoms with Crippen LogP contribution in [-0.2, 0) is 11.3 Å². The summed E-state index contributed by atoms with van der Waals surface area (Å²) in [7, 11) is 0. The van der Waals surface area contributed by atoms with Gasteiger partial charge in [-0.1, -0.05) is 6.07 Å². The van der Waals surface area contributed by atoms with Gasteiger partial charge in [-0.05, 0) is 49.4 Å². The maximum Gasteiger partial charge on any atom is 0.0779 e. The molecule has 1 aromatic rings. The Bertz CT molecular complexity index is 433. The second kappa shape index (κ2) is 4.90. The third kappa shape index (κ3) is 2.02. The highest BCUT2D eigenvalue weighted by atomic mass is 16.5. The maximum absolute atomic E-state index is 9.24. The number of benzene rings is 1. The molecule has 0 spiro atoms. The highest BCUT2D eigenvalue weighted by molar-refractivity contribution is 5.52. The Kier molecular flexibility index (Phi) is 3.27. The molecule has 0 radical (unpaired) electrons. The first-order chi connectivity index (χ1) is 8.79. The second-order valence-corrected chi connectivity index (χ2v) is 5.37. The highest BCUT2D eigenvalue weighted by Crippen LogP contribution is 2.33. The lowest BCUT2D eigenvalue weighted by atomic mass is 10.1. The summed E-state index contributed by atoms with van der Waals surface area (Å²) in [6.07, 6.45) is 4.15. The number of ether oxygens (including phenoxy) is 1. The molecule has 2 fully saturated rings. The Morgan fingerprint density at radius 2 is 2.28 bits per heavy atom. The number of aryl methyl sites for hydroxylation is 1. The van der Waals surface area contributed by atoms with E-state index in [1.807, 2.05) is 6.07 Å². The van der Waals surface area contributed by atoms with Crippen LogP contribution in [0, 0.1) is 6.92 Å². The van der Waals surface area contributed by atoms with Crippen molar-refractivity contribution >= 4 is 5.69 Å². The van der Waals surface area contributed by atoms with Gasteiger partial charge in [0.25, 0.3) is 0 Å². The number of nitrogens with zero attached hydrogens (tertiary/aromatic N) is 1. The molecular weight excluding hydrogens is 226 g/mol. The smallest absolute Gasteiger partial charge is 0.0779 e. The summed E-state index contributed by atoms with van der Waals surface area (Å²) in [5, 5.41) is 9.24. The lowest BCUT2D eigenvalue weighted by Gasteiger charge is -2.39. The van der Waals surface area contributed by atoms with Crippen molar-refractivity contribution in [3.63, 3.8) is 0 Å². The number of morpholine rings is 1. The van der Waals surface area contributed by atoms with Gasteiger partial charge in [0.05, 0.1) is 25.4 Å². The molecule has 0 bridgehead atoms. The number of aliphatic hydroxyl groups is 1. The molecule has 98 valence electrons. The van der Waals surface area contributed by atoms with Gasteiger partial charge in [0, 0.05) is 12.2 Å². The minimum absolute atomic E-state index is 0.126. The second-order valence-electron chi connectivity index (χ2n) is 5.37. The van der Waals surface area contributed by atoms with Crippen LogP contribution in [0.15, 0.2) is 18.2 Å². The largest absolute Gasteiger partial charge is 0.392 e. The Labute approximate surface area is 108 Å². The number of hydrogen-bond acceptors (Lipinski definition) is 3. The Morgan fingerprint density at radius 1 is 1.39 bits per heavy atom. The van der Waals surface area contributed by atoms with E-state index >= 15 is 0 Å². The summed E-state index contributed by atoms with van der Waals surface area (Å²) in [5.41, 5.74) is 3.48. The summed E-state index contributed by atoms with van der Waals surface area (Å²) < 4.78 is 5.85. The molecule has 3 heteroatoms. The van der Waals surface area contributed by atoms with E-state index in [0.717, 1.165) is 18.7 Å². The highest BCUT2D eigenvalue weighted by Gasteiger charge is 2.36. The summed E-state index contributed by atoms with van der Waals surface area (Å²) in [6, 6.07) is 6.94. The van der Waals surface area contributed by atoms with Crippen molar-refractivity contribution in [3.8, 4) is 0 Å². The average molecular weight is 247 g/mol. The molecule has 18 heavy (non-hydrogen) atoms. The fraction of sp³-hybridized carbons (Fsp3) is 0.600. The Hall–Kier alpha value is -1.06. The summed E-state index contributed by atoms with van der Waals surface area (Å²) in [5.74, 6) is 0. The van der Waals surface area contributed by atoms with Crippen molar-refractivity contribution in [2.45, 2.75) is 44.9 Å². The normalized spacial score (nSPS) is 27.3. The Morgan fingerprint density at radius 3 is 3.06 bits per heavy atom. The van der Waals surface area contributed by atoms with Crippen molar-refractivity contribution in [2.24, 2.45) is 0 Å². The van der Waals surface area contributed by atoms with Gasteiger partial charge in [-0.25, -0.2) is 0 Å². The van der Waals surface area contributed by atoms with Gasteiger partial charge in [-0.3, -0.25) is 0 Å². The van der Waals surface area contributed by atoms with Gasteiger partial charge in [-0.2, -0.15) is 0 Å². The molecule has 2 aliphatic rings. The van der Waals surface area contributed by atoms with Crippen LogP contribution in [0.5, 0.6) is 0 Å². The molecule has 2 unspecified atom stereocenters. The van der Waals surface area contributed by atoms with Gasteiger partial charge in [-0.15, -0.1) is 0 Å². The first-order valence-electron chi connectivity index (χ1n) is 6.88. The molecule has 1 saturated heterocycles. The summed E-state index contributed by atoms with van der Waals surface area (Å²) in [6.45, 7) is 4.02. The van der Waals surface area contributed by atoms with E-state index in [1.54, 1.807) is 0 Å². The number of hydrogen-bond donors (Lipinski definition) is 1. The molecule has 3 rings (SSSR count). The minimum Gasteiger partial charge on any atom is -0.392 e. The van der Waals surface area contributed by atoms with Gasteiger partial charge >= 0.3 is 0 Å². The van der Waals surface area contributed by atoms with Crippen molar-refractivity contribution in [1.82, 2.24) is 0 Å². The molecule has 1 heterocycles. The number of aliphatic hydroxyl groups excluding tert-OH is 1. The fourth-order valence-electron chi connectivity index (χ4n) is 3.28. The molecule has 2 atom stereocenters. The molecular formula is C15H21NO2. The zero-order valence-electron chi connectivity index (χ0n) is 10.9. The number of fused-ring (bicyclic) bond motifs is 1. The first-order valence-corrected chi connectivity index (χ1v) is 6.88. The van der Waals surface area contributed by atoms with Crippen molar-refractivity contribution < 1.29 is 9.84 Å². The van der Waals surface area contributed by atoms with Crippen molar-refractivity contribution in [3.05, 3.63) is 29.3 Å². The predicted octanol–water partition coefficient (Wildman–Crippen LogP) is 2.25. The summed E-state index contributed by atoms with van der Waals surface area (Å²) in [4.78, 5) is 2.50. The first kappa shape index (κ1) is 12.0. The monoisotopic (exact) mass is 247 g/mol. The van der Waals surface area contributed by atoms with E-state index in [4.69, 9.17) is 4.74 Å². The average Bonchev–Trinajstić information content (AvgIpc) is 2.86. The lowest BCUT2D eigenvalue weighted by Crippen LogP contribution is -2.48. The molecule has 1 aliphatic carbocycles. The van der Waals surface area contributed by atoms with Gasteiger partial charge < -0.3 is 14.7 Å². The zero-order valence-corrected chi connectivity index (χ0v) is 10.9. The molecule has 1 aliphatic heterocycles. The molecule has 3 nitrogen and oxygen atoms in total. The van der Waals surface area contributed by atoms with Crippen LogP contribution in [0.1, 0.15) is 30.4 Å². The standard InChI is InChI=1S/C15H21NO2/c1-11-9-13(6-5-12(11)10-17)16-7-8-18-15-4-2-3-14(15)16/h5-6,9,14-15,17H,2-4,7-8,10H2,1H3. The van der Waals surface area contributed by atoms with Crippen LogP contribution in [0.2, 0.25) is 0 Å². The Balaban J connectivity index is 1.87. The molecule has 1 aromatic carbocycles. The minimum atomic E-state index is 0.126. The third-order valence-electron chi connectivity index (χ3n) is 4.31. The van der Waals surface area contributed by atoms with E-state index in [2.05, 4.69) is 24.0 Å². The van der Waals surface area contributed by atoms with Crippen molar-refractivity contribution in [2.75, 3.05) is 18.1 Å². The van der Waals surface area contributed by atoms with Crippen LogP contribution in [0.4, 0.5) is 5.69 Å². The molecule has 1 N–H and O–H groups in total. The van der Waals surface area contributed by atoms with Crippen LogP contribution in [-0.4, -0.2) is 30.4 Å². The lowest BCUT2D eigenvalue weighted by molar-refractivity contribution is 0.0256. The molecule has 0 amide bonds. The SMILES string of the molecule is Cc1cc(N2CCOC3CCCC32)ccc1CO. The van der Waals surface area contributed by atoms with Crippen LogP contribution < -0.4 is 4.90 Å². The van der Waals surface area contributed by atoms with Gasteiger partial charge in [0.1, 0.15) is 0 Å². The molecule has 1 saturated carbocycles. The van der Waals surface area contributed by atoms with E-state index in [-0.39, 0.29) is 6.61 Å². The number of anilines is 1.